The molecule has 0 spiro atoms. The Balaban J connectivity index is 1.35. The Kier molecular flexibility index (Phi) is 2.60. The van der Waals surface area contributed by atoms with Crippen LogP contribution in [-0.4, -0.2) is 24.2 Å². The van der Waals surface area contributed by atoms with Gasteiger partial charge in [-0.15, -0.1) is 0 Å². The summed E-state index contributed by atoms with van der Waals surface area (Å²) >= 11 is 0. The fraction of sp³-hybridized carbons (Fsp3) is 0.938. The lowest BCUT2D eigenvalue weighted by atomic mass is 9.69. The first-order chi connectivity index (χ1) is 9.47. The SMILES string of the molecule is CC1(C)CC23OC2(CC1C(=O)OCC1CCCCC1)O3. The van der Waals surface area contributed by atoms with Gasteiger partial charge < -0.3 is 14.2 Å². The monoisotopic (exact) mass is 280 g/mol. The van der Waals surface area contributed by atoms with Crippen LogP contribution in [0.2, 0.25) is 0 Å². The molecule has 4 rings (SSSR count). The Morgan fingerprint density at radius 2 is 1.85 bits per heavy atom. The second-order valence-corrected chi connectivity index (χ2v) is 7.77. The zero-order chi connectivity index (χ0) is 14.0. The van der Waals surface area contributed by atoms with Gasteiger partial charge in [0.15, 0.2) is 0 Å². The molecule has 0 amide bonds. The molecular weight excluding hydrogens is 256 g/mol. The van der Waals surface area contributed by atoms with E-state index in [1.807, 2.05) is 0 Å². The van der Waals surface area contributed by atoms with Gasteiger partial charge in [-0.1, -0.05) is 33.1 Å². The molecule has 2 aliphatic carbocycles. The highest BCUT2D eigenvalue weighted by molar-refractivity contribution is 5.74. The van der Waals surface area contributed by atoms with Gasteiger partial charge in [-0.25, -0.2) is 0 Å². The average molecular weight is 280 g/mol. The topological polar surface area (TPSA) is 51.4 Å². The van der Waals surface area contributed by atoms with Crippen molar-refractivity contribution in [2.24, 2.45) is 17.3 Å². The van der Waals surface area contributed by atoms with Crippen molar-refractivity contribution in [2.75, 3.05) is 6.61 Å². The number of esters is 1. The maximum atomic E-state index is 12.4. The van der Waals surface area contributed by atoms with Crippen LogP contribution in [0, 0.1) is 17.3 Å². The van der Waals surface area contributed by atoms with E-state index in [4.69, 9.17) is 14.2 Å². The van der Waals surface area contributed by atoms with Crippen LogP contribution < -0.4 is 0 Å². The molecule has 0 radical (unpaired) electrons. The van der Waals surface area contributed by atoms with E-state index in [1.165, 1.54) is 32.1 Å². The van der Waals surface area contributed by atoms with E-state index < -0.39 is 5.79 Å². The molecule has 0 aromatic rings. The van der Waals surface area contributed by atoms with Crippen molar-refractivity contribution in [3.05, 3.63) is 0 Å². The van der Waals surface area contributed by atoms with Crippen molar-refractivity contribution in [1.29, 1.82) is 0 Å². The normalized spacial score (nSPS) is 45.2. The van der Waals surface area contributed by atoms with Gasteiger partial charge in [-0.3, -0.25) is 4.79 Å². The van der Waals surface area contributed by atoms with Crippen molar-refractivity contribution in [1.82, 2.24) is 0 Å². The molecule has 4 nitrogen and oxygen atoms in total. The second-order valence-electron chi connectivity index (χ2n) is 7.77. The lowest BCUT2D eigenvalue weighted by Crippen LogP contribution is -2.38. The van der Waals surface area contributed by atoms with Crippen LogP contribution in [0.25, 0.3) is 0 Å². The number of rotatable bonds is 3. The molecule has 2 saturated carbocycles. The third-order valence-electron chi connectivity index (χ3n) is 5.73. The molecule has 2 saturated heterocycles. The summed E-state index contributed by atoms with van der Waals surface area (Å²) in [6.07, 6.45) is 7.79. The van der Waals surface area contributed by atoms with Crippen LogP contribution in [-0.2, 0) is 19.0 Å². The Labute approximate surface area is 120 Å². The predicted octanol–water partition coefficient (Wildman–Crippen LogP) is 3.00. The van der Waals surface area contributed by atoms with Crippen molar-refractivity contribution in [3.8, 4) is 0 Å². The molecule has 2 aliphatic heterocycles. The van der Waals surface area contributed by atoms with Crippen molar-refractivity contribution < 1.29 is 19.0 Å². The van der Waals surface area contributed by atoms with Crippen molar-refractivity contribution in [3.63, 3.8) is 0 Å². The molecule has 4 fully saturated rings. The van der Waals surface area contributed by atoms with Gasteiger partial charge in [0, 0.05) is 12.8 Å². The van der Waals surface area contributed by atoms with E-state index in [9.17, 15) is 4.79 Å². The van der Waals surface area contributed by atoms with Crippen LogP contribution in [0.1, 0.15) is 58.8 Å². The molecule has 0 N–H and O–H groups in total. The van der Waals surface area contributed by atoms with Gasteiger partial charge in [0.1, 0.15) is 0 Å². The first kappa shape index (κ1) is 13.1. The summed E-state index contributed by atoms with van der Waals surface area (Å²) in [4.78, 5) is 12.4. The molecule has 112 valence electrons. The first-order valence-corrected chi connectivity index (χ1v) is 8.03. The molecule has 1 atom stereocenters. The maximum absolute atomic E-state index is 12.4. The molecule has 1 unspecified atom stereocenters. The zero-order valence-electron chi connectivity index (χ0n) is 12.4. The average Bonchev–Trinajstić information content (AvgIpc) is 3.20. The highest BCUT2D eigenvalue weighted by Crippen LogP contribution is 2.77. The summed E-state index contributed by atoms with van der Waals surface area (Å²) in [7, 11) is 0. The summed E-state index contributed by atoms with van der Waals surface area (Å²) in [5.74, 6) is -0.294. The summed E-state index contributed by atoms with van der Waals surface area (Å²) in [5.41, 5.74) is -0.0971. The Morgan fingerprint density at radius 1 is 1.15 bits per heavy atom. The minimum absolute atomic E-state index is 0.0467. The lowest BCUT2D eigenvalue weighted by Gasteiger charge is -2.33. The number of ether oxygens (including phenoxy) is 3. The second kappa shape index (κ2) is 3.98. The number of hydrogen-bond donors (Lipinski definition) is 0. The van der Waals surface area contributed by atoms with Crippen LogP contribution in [0.4, 0.5) is 0 Å². The molecule has 4 heteroatoms. The van der Waals surface area contributed by atoms with Crippen LogP contribution in [0.5, 0.6) is 0 Å². The van der Waals surface area contributed by atoms with Crippen molar-refractivity contribution in [2.45, 2.75) is 70.4 Å². The summed E-state index contributed by atoms with van der Waals surface area (Å²) in [6, 6.07) is 0. The van der Waals surface area contributed by atoms with E-state index in [2.05, 4.69) is 13.8 Å². The van der Waals surface area contributed by atoms with Gasteiger partial charge in [-0.2, -0.15) is 0 Å². The molecule has 20 heavy (non-hydrogen) atoms. The highest BCUT2D eigenvalue weighted by Gasteiger charge is 2.93. The van der Waals surface area contributed by atoms with E-state index in [0.29, 0.717) is 18.9 Å². The molecule has 0 aromatic heterocycles. The largest absolute Gasteiger partial charge is 0.465 e. The Hall–Kier alpha value is -0.610. The fourth-order valence-electron chi connectivity index (χ4n) is 4.26. The van der Waals surface area contributed by atoms with Gasteiger partial charge in [-0.05, 0) is 24.2 Å². The third-order valence-corrected chi connectivity index (χ3v) is 5.73. The number of carbonyl (C=O) groups excluding carboxylic acids is 1. The zero-order valence-corrected chi connectivity index (χ0v) is 12.4. The minimum Gasteiger partial charge on any atom is -0.465 e. The van der Waals surface area contributed by atoms with E-state index in [-0.39, 0.29) is 23.1 Å². The molecule has 0 bridgehead atoms. The minimum atomic E-state index is -0.406. The molecule has 0 aromatic carbocycles. The van der Waals surface area contributed by atoms with Gasteiger partial charge in [0.05, 0.1) is 12.5 Å². The maximum Gasteiger partial charge on any atom is 0.309 e. The van der Waals surface area contributed by atoms with Gasteiger partial charge in [0.25, 0.3) is 0 Å². The number of hydrogen-bond acceptors (Lipinski definition) is 4. The van der Waals surface area contributed by atoms with Gasteiger partial charge >= 0.3 is 5.97 Å². The highest BCUT2D eigenvalue weighted by atomic mass is 17.0. The lowest BCUT2D eigenvalue weighted by molar-refractivity contribution is -0.156. The number of carbonyl (C=O) groups is 1. The predicted molar refractivity (Wildman–Crippen MR) is 71.7 cm³/mol. The standard InChI is InChI=1S/C16H24O4/c1-14(2)10-16-15(19-16,20-16)8-12(14)13(17)18-9-11-6-4-3-5-7-11/h11-12H,3-10H2,1-2H3. The Bertz CT molecular complexity index is 430. The van der Waals surface area contributed by atoms with E-state index >= 15 is 0 Å². The third kappa shape index (κ3) is 1.84. The summed E-state index contributed by atoms with van der Waals surface area (Å²) in [5, 5.41) is 0. The van der Waals surface area contributed by atoms with Crippen LogP contribution >= 0.6 is 0 Å². The molecule has 4 aliphatic rings. The smallest absolute Gasteiger partial charge is 0.309 e. The molecule has 2 heterocycles. The number of epoxide rings is 2. The summed E-state index contributed by atoms with van der Waals surface area (Å²) < 4.78 is 16.9. The van der Waals surface area contributed by atoms with Crippen molar-refractivity contribution >= 4 is 5.97 Å². The van der Waals surface area contributed by atoms with Gasteiger partial charge in [0.2, 0.25) is 11.6 Å². The first-order valence-electron chi connectivity index (χ1n) is 8.03. The fourth-order valence-corrected chi connectivity index (χ4v) is 4.26. The van der Waals surface area contributed by atoms with Crippen LogP contribution in [0.3, 0.4) is 0 Å². The quantitative estimate of drug-likeness (QED) is 0.589. The Morgan fingerprint density at radius 3 is 2.55 bits per heavy atom. The summed E-state index contributed by atoms with van der Waals surface area (Å²) in [6.45, 7) is 4.86. The molecular formula is C16H24O4. The van der Waals surface area contributed by atoms with E-state index in [0.717, 1.165) is 6.42 Å². The van der Waals surface area contributed by atoms with Crippen LogP contribution in [0.15, 0.2) is 0 Å². The van der Waals surface area contributed by atoms with E-state index in [1.54, 1.807) is 0 Å².